The molecule has 1 rings (SSSR count). The van der Waals surface area contributed by atoms with Crippen molar-refractivity contribution in [2.24, 2.45) is 15.9 Å². The number of phenolic OH excluding ortho intramolecular Hbond substituents is 3. The minimum absolute atomic E-state index is 0.129. The van der Waals surface area contributed by atoms with Gasteiger partial charge in [-0.2, -0.15) is 5.10 Å². The van der Waals surface area contributed by atoms with Crippen molar-refractivity contribution in [1.29, 1.82) is 0 Å². The maximum atomic E-state index is 9.35. The van der Waals surface area contributed by atoms with E-state index in [-0.39, 0.29) is 11.5 Å². The molecular weight excluding hydrogens is 216 g/mol. The fourth-order valence-electron chi connectivity index (χ4n) is 0.864. The van der Waals surface area contributed by atoms with Crippen molar-refractivity contribution in [3.63, 3.8) is 0 Å². The molecule has 8 heteroatoms. The van der Waals surface area contributed by atoms with Gasteiger partial charge in [0.2, 0.25) is 11.7 Å². The van der Waals surface area contributed by atoms with Gasteiger partial charge in [-0.05, 0) is 12.1 Å². The summed E-state index contributed by atoms with van der Waals surface area (Å²) in [6, 6.07) is 2.49. The number of guanidine groups is 1. The summed E-state index contributed by atoms with van der Waals surface area (Å²) >= 11 is 0. The van der Waals surface area contributed by atoms with Gasteiger partial charge in [0.1, 0.15) is 0 Å². The molecule has 0 amide bonds. The van der Waals surface area contributed by atoms with Crippen LogP contribution in [0.25, 0.3) is 0 Å². The number of hydrogen-bond donors (Lipinski definition) is 6. The molecule has 0 aromatic heterocycles. The van der Waals surface area contributed by atoms with Crippen LogP contribution in [0.2, 0.25) is 0 Å². The Kier molecular flexibility index (Phi) is 3.51. The minimum Gasteiger partial charge on any atom is -0.504 e. The third-order valence-corrected chi connectivity index (χ3v) is 1.64. The van der Waals surface area contributed by atoms with Gasteiger partial charge >= 0.3 is 0 Å². The average molecular weight is 226 g/mol. The fourth-order valence-corrected chi connectivity index (χ4v) is 0.864. The maximum absolute atomic E-state index is 9.35. The summed E-state index contributed by atoms with van der Waals surface area (Å²) in [5, 5.41) is 42.5. The van der Waals surface area contributed by atoms with Crippen LogP contribution in [0, 0.1) is 0 Å². The Morgan fingerprint density at radius 1 is 1.25 bits per heavy atom. The van der Waals surface area contributed by atoms with Crippen molar-refractivity contribution in [2.75, 3.05) is 0 Å². The van der Waals surface area contributed by atoms with Gasteiger partial charge in [0.15, 0.2) is 11.5 Å². The van der Waals surface area contributed by atoms with E-state index in [0.717, 1.165) is 6.21 Å². The molecule has 86 valence electrons. The van der Waals surface area contributed by atoms with Crippen molar-refractivity contribution in [3.8, 4) is 17.2 Å². The molecule has 0 heterocycles. The van der Waals surface area contributed by atoms with Crippen LogP contribution in [-0.4, -0.2) is 32.7 Å². The van der Waals surface area contributed by atoms with Crippen LogP contribution in [0.4, 0.5) is 0 Å². The molecule has 0 aliphatic heterocycles. The molecule has 7 N–H and O–H groups in total. The molecule has 0 spiro atoms. The Bertz CT molecular complexity index is 444. The van der Waals surface area contributed by atoms with Gasteiger partial charge in [-0.15, -0.1) is 5.10 Å². The SMILES string of the molecule is NC(=N/N=C/c1ccc(O)c(O)c1O)NO. The minimum atomic E-state index is -0.652. The van der Waals surface area contributed by atoms with Crippen LogP contribution in [0.5, 0.6) is 17.2 Å². The van der Waals surface area contributed by atoms with Crippen LogP contribution in [0.1, 0.15) is 5.56 Å². The third-order valence-electron chi connectivity index (χ3n) is 1.64. The second-order valence-electron chi connectivity index (χ2n) is 2.71. The highest BCUT2D eigenvalue weighted by atomic mass is 16.5. The first-order valence-electron chi connectivity index (χ1n) is 4.06. The second-order valence-corrected chi connectivity index (χ2v) is 2.71. The lowest BCUT2D eigenvalue weighted by molar-refractivity contribution is 0.232. The molecule has 0 fully saturated rings. The van der Waals surface area contributed by atoms with Crippen LogP contribution in [0.3, 0.4) is 0 Å². The van der Waals surface area contributed by atoms with Crippen LogP contribution >= 0.6 is 0 Å². The zero-order valence-corrected chi connectivity index (χ0v) is 7.99. The Labute approximate surface area is 89.9 Å². The number of nitrogens with two attached hydrogens (primary N) is 1. The summed E-state index contributed by atoms with van der Waals surface area (Å²) in [6.07, 6.45) is 1.08. The van der Waals surface area contributed by atoms with Gasteiger partial charge in [-0.1, -0.05) is 0 Å². The normalized spacial score (nSPS) is 11.9. The molecule has 0 atom stereocenters. The first kappa shape index (κ1) is 11.6. The molecule has 0 aliphatic carbocycles. The Morgan fingerprint density at radius 3 is 2.56 bits per heavy atom. The van der Waals surface area contributed by atoms with Gasteiger partial charge in [-0.3, -0.25) is 5.21 Å². The van der Waals surface area contributed by atoms with Crippen molar-refractivity contribution < 1.29 is 20.5 Å². The van der Waals surface area contributed by atoms with E-state index in [9.17, 15) is 5.11 Å². The Morgan fingerprint density at radius 2 is 1.94 bits per heavy atom. The van der Waals surface area contributed by atoms with Crippen molar-refractivity contribution in [1.82, 2.24) is 5.48 Å². The summed E-state index contributed by atoms with van der Waals surface area (Å²) < 4.78 is 0. The number of rotatable bonds is 2. The highest BCUT2D eigenvalue weighted by Gasteiger charge is 2.08. The molecule has 8 nitrogen and oxygen atoms in total. The van der Waals surface area contributed by atoms with E-state index >= 15 is 0 Å². The zero-order chi connectivity index (χ0) is 12.1. The highest BCUT2D eigenvalue weighted by molar-refractivity contribution is 5.86. The summed E-state index contributed by atoms with van der Waals surface area (Å²) in [5.74, 6) is -1.97. The fraction of sp³-hybridized carbons (Fsp3) is 0. The number of nitrogens with zero attached hydrogens (tertiary/aromatic N) is 2. The maximum Gasteiger partial charge on any atom is 0.237 e. The predicted molar refractivity (Wildman–Crippen MR) is 55.6 cm³/mol. The summed E-state index contributed by atoms with van der Waals surface area (Å²) in [5.41, 5.74) is 6.73. The molecule has 0 bridgehead atoms. The first-order valence-corrected chi connectivity index (χ1v) is 4.06. The van der Waals surface area contributed by atoms with E-state index < -0.39 is 17.2 Å². The van der Waals surface area contributed by atoms with Gasteiger partial charge in [0, 0.05) is 5.56 Å². The number of aromatic hydroxyl groups is 3. The molecule has 0 radical (unpaired) electrons. The van der Waals surface area contributed by atoms with Gasteiger partial charge in [0.25, 0.3) is 0 Å². The molecule has 0 saturated carbocycles. The van der Waals surface area contributed by atoms with Crippen molar-refractivity contribution >= 4 is 12.2 Å². The summed E-state index contributed by atoms with van der Waals surface area (Å²) in [6.45, 7) is 0. The molecule has 0 aliphatic rings. The number of benzene rings is 1. The molecule has 16 heavy (non-hydrogen) atoms. The monoisotopic (exact) mass is 226 g/mol. The van der Waals surface area contributed by atoms with Crippen molar-refractivity contribution in [2.45, 2.75) is 0 Å². The molecule has 0 unspecified atom stereocenters. The molecule has 0 saturated heterocycles. The van der Waals surface area contributed by atoms with Crippen molar-refractivity contribution in [3.05, 3.63) is 17.7 Å². The van der Waals surface area contributed by atoms with E-state index in [1.807, 2.05) is 0 Å². The Balaban J connectivity index is 2.95. The third kappa shape index (κ3) is 2.51. The molecule has 1 aromatic carbocycles. The largest absolute Gasteiger partial charge is 0.504 e. The van der Waals surface area contributed by atoms with Crippen LogP contribution < -0.4 is 11.2 Å². The standard InChI is InChI=1S/C8H10N4O4/c9-8(12-16)11-10-3-4-1-2-5(13)7(15)6(4)14/h1-3,13-16H,(H3,9,11,12)/b10-3+. The highest BCUT2D eigenvalue weighted by Crippen LogP contribution is 2.36. The first-order chi connectivity index (χ1) is 7.56. The smallest absolute Gasteiger partial charge is 0.237 e. The topological polar surface area (TPSA) is 144 Å². The van der Waals surface area contributed by atoms with Gasteiger partial charge < -0.3 is 21.1 Å². The van der Waals surface area contributed by atoms with E-state index in [2.05, 4.69) is 10.2 Å². The predicted octanol–water partition coefficient (Wildman–Crippen LogP) is -0.569. The number of hydroxylamine groups is 1. The van der Waals surface area contributed by atoms with E-state index in [1.54, 1.807) is 5.48 Å². The summed E-state index contributed by atoms with van der Waals surface area (Å²) in [4.78, 5) is 0. The van der Waals surface area contributed by atoms with E-state index in [0.29, 0.717) is 0 Å². The van der Waals surface area contributed by atoms with Crippen LogP contribution in [0.15, 0.2) is 22.3 Å². The second kappa shape index (κ2) is 4.84. The summed E-state index contributed by atoms with van der Waals surface area (Å²) in [7, 11) is 0. The van der Waals surface area contributed by atoms with E-state index in [4.69, 9.17) is 21.2 Å². The number of nitrogens with one attached hydrogen (secondary N) is 1. The zero-order valence-electron chi connectivity index (χ0n) is 7.99. The quantitative estimate of drug-likeness (QED) is 0.172. The average Bonchev–Trinajstić information content (AvgIpc) is 2.29. The van der Waals surface area contributed by atoms with Gasteiger partial charge in [0.05, 0.1) is 6.21 Å². The lowest BCUT2D eigenvalue weighted by Crippen LogP contribution is -2.27. The van der Waals surface area contributed by atoms with Gasteiger partial charge in [-0.25, -0.2) is 5.48 Å². The molecule has 1 aromatic rings. The number of phenols is 3. The lowest BCUT2D eigenvalue weighted by atomic mass is 10.2. The number of hydrogen-bond acceptors (Lipinski definition) is 6. The van der Waals surface area contributed by atoms with Crippen LogP contribution in [-0.2, 0) is 0 Å². The van der Waals surface area contributed by atoms with E-state index in [1.165, 1.54) is 12.1 Å². The molecular formula is C8H10N4O4. The lowest BCUT2D eigenvalue weighted by Gasteiger charge is -2.02. The Hall–Kier alpha value is -2.48.